The number of hydrogen-bond donors (Lipinski definition) is 1. The Morgan fingerprint density at radius 2 is 1.54 bits per heavy atom. The van der Waals surface area contributed by atoms with Crippen molar-refractivity contribution >= 4 is 29.1 Å². The van der Waals surface area contributed by atoms with Gasteiger partial charge in [-0.05, 0) is 19.4 Å². The Morgan fingerprint density at radius 1 is 1.00 bits per heavy atom. The first kappa shape index (κ1) is 16.7. The first-order chi connectivity index (χ1) is 11.5. The highest BCUT2D eigenvalue weighted by atomic mass is 32.2. The highest BCUT2D eigenvalue weighted by Gasteiger charge is 2.16. The third-order valence-corrected chi connectivity index (χ3v) is 5.80. The van der Waals surface area contributed by atoms with Gasteiger partial charge in [0.2, 0.25) is 0 Å². The van der Waals surface area contributed by atoms with Gasteiger partial charge in [-0.1, -0.05) is 71.4 Å². The van der Waals surface area contributed by atoms with Crippen LogP contribution in [0.25, 0.3) is 21.7 Å². The van der Waals surface area contributed by atoms with E-state index in [1.54, 1.807) is 11.3 Å². The van der Waals surface area contributed by atoms with E-state index in [4.69, 9.17) is 10.1 Å². The van der Waals surface area contributed by atoms with E-state index in [-0.39, 0.29) is 5.75 Å². The van der Waals surface area contributed by atoms with Crippen LogP contribution in [0.1, 0.15) is 11.1 Å². The predicted octanol–water partition coefficient (Wildman–Crippen LogP) is 5.27. The molecule has 0 atom stereocenters. The van der Waals surface area contributed by atoms with Crippen LogP contribution >= 0.6 is 23.1 Å². The number of rotatable bonds is 5. The quantitative estimate of drug-likeness (QED) is 0.633. The monoisotopic (exact) mass is 355 g/mol. The van der Waals surface area contributed by atoms with Crippen LogP contribution in [0.3, 0.4) is 0 Å². The highest BCUT2D eigenvalue weighted by Crippen LogP contribution is 2.40. The number of hydrogen-bond acceptors (Lipinski definition) is 4. The number of nitrogens with zero attached hydrogens (tertiary/aromatic N) is 1. The molecule has 0 saturated heterocycles. The third kappa shape index (κ3) is 3.86. The molecule has 0 fully saturated rings. The van der Waals surface area contributed by atoms with Crippen LogP contribution in [0.15, 0.2) is 52.9 Å². The summed E-state index contributed by atoms with van der Waals surface area (Å²) in [6.07, 6.45) is 0. The zero-order valence-electron chi connectivity index (χ0n) is 13.4. The Hall–Kier alpha value is -2.11. The lowest BCUT2D eigenvalue weighted by molar-refractivity contribution is -0.133. The summed E-state index contributed by atoms with van der Waals surface area (Å²) in [5.74, 6) is -0.808. The molecule has 3 rings (SSSR count). The van der Waals surface area contributed by atoms with Crippen LogP contribution in [0.2, 0.25) is 0 Å². The van der Waals surface area contributed by atoms with E-state index in [0.29, 0.717) is 0 Å². The van der Waals surface area contributed by atoms with Crippen molar-refractivity contribution in [3.63, 3.8) is 0 Å². The number of thioether (sulfide) groups is 1. The predicted molar refractivity (Wildman–Crippen MR) is 101 cm³/mol. The second kappa shape index (κ2) is 7.20. The van der Waals surface area contributed by atoms with Crippen LogP contribution in [0.4, 0.5) is 0 Å². The maximum Gasteiger partial charge on any atom is 0.313 e. The molecular formula is C19H17NO2S2. The first-order valence-electron chi connectivity index (χ1n) is 7.52. The average molecular weight is 355 g/mol. The Bertz CT molecular complexity index is 789. The molecular weight excluding hydrogens is 338 g/mol. The first-order valence-corrected chi connectivity index (χ1v) is 9.32. The fourth-order valence-electron chi connectivity index (χ4n) is 2.29. The van der Waals surface area contributed by atoms with Crippen LogP contribution < -0.4 is 0 Å². The van der Waals surface area contributed by atoms with Crippen molar-refractivity contribution in [3.8, 4) is 21.7 Å². The Kier molecular flexibility index (Phi) is 5.02. The van der Waals surface area contributed by atoms with Crippen molar-refractivity contribution in [2.24, 2.45) is 0 Å². The number of benzene rings is 2. The van der Waals surface area contributed by atoms with Crippen molar-refractivity contribution in [3.05, 3.63) is 59.7 Å². The summed E-state index contributed by atoms with van der Waals surface area (Å²) in [7, 11) is 0. The molecule has 3 aromatic rings. The average Bonchev–Trinajstić information content (AvgIpc) is 2.98. The summed E-state index contributed by atoms with van der Waals surface area (Å²) in [4.78, 5) is 16.6. The van der Waals surface area contributed by atoms with Gasteiger partial charge < -0.3 is 5.11 Å². The molecule has 0 unspecified atom stereocenters. The van der Waals surface area contributed by atoms with Gasteiger partial charge in [-0.2, -0.15) is 0 Å². The molecule has 1 aromatic heterocycles. The van der Waals surface area contributed by atoms with Crippen LogP contribution in [0, 0.1) is 13.8 Å². The molecule has 0 spiro atoms. The zero-order valence-corrected chi connectivity index (χ0v) is 15.1. The van der Waals surface area contributed by atoms with Crippen LogP contribution in [0.5, 0.6) is 0 Å². The minimum atomic E-state index is -0.830. The fourth-order valence-corrected chi connectivity index (χ4v) is 4.18. The molecule has 0 aliphatic heterocycles. The van der Waals surface area contributed by atoms with E-state index in [9.17, 15) is 4.79 Å². The molecule has 0 aliphatic carbocycles. The molecule has 24 heavy (non-hydrogen) atoms. The number of thiazole rings is 1. The largest absolute Gasteiger partial charge is 0.481 e. The van der Waals surface area contributed by atoms with Crippen LogP contribution in [-0.2, 0) is 4.79 Å². The summed E-state index contributed by atoms with van der Waals surface area (Å²) in [5, 5.41) is 8.90. The van der Waals surface area contributed by atoms with Crippen molar-refractivity contribution in [2.75, 3.05) is 5.75 Å². The van der Waals surface area contributed by atoms with Gasteiger partial charge in [0, 0.05) is 5.56 Å². The molecule has 1 N–H and O–H groups in total. The third-order valence-electron chi connectivity index (χ3n) is 3.57. The number of aliphatic carboxylic acids is 1. The Morgan fingerprint density at radius 3 is 2.08 bits per heavy atom. The number of aryl methyl sites for hydroxylation is 2. The number of carboxylic acids is 1. The van der Waals surface area contributed by atoms with Gasteiger partial charge in [0.15, 0.2) is 4.34 Å². The van der Waals surface area contributed by atoms with Crippen molar-refractivity contribution in [2.45, 2.75) is 18.2 Å². The standard InChI is InChI=1S/C19H17NO2S2/c1-12-3-7-14(8-4-12)17-18(15-9-5-13(2)6-10-15)24-19(20-17)23-11-16(21)22/h3-10H,11H2,1-2H3,(H,21,22). The minimum Gasteiger partial charge on any atom is -0.481 e. The Balaban J connectivity index is 2.05. The van der Waals surface area contributed by atoms with Crippen molar-refractivity contribution in [1.29, 1.82) is 0 Å². The molecule has 0 saturated carbocycles. The highest BCUT2D eigenvalue weighted by molar-refractivity contribution is 8.01. The molecule has 0 amide bonds. The maximum atomic E-state index is 10.8. The van der Waals surface area contributed by atoms with E-state index in [1.807, 2.05) is 0 Å². The number of aromatic nitrogens is 1. The number of carboxylic acid groups (broad SMARTS) is 1. The van der Waals surface area contributed by atoms with Gasteiger partial charge >= 0.3 is 5.97 Å². The van der Waals surface area contributed by atoms with Gasteiger partial charge in [-0.25, -0.2) is 4.98 Å². The van der Waals surface area contributed by atoms with Gasteiger partial charge in [0.25, 0.3) is 0 Å². The lowest BCUT2D eigenvalue weighted by Gasteiger charge is -2.04. The molecule has 5 heteroatoms. The van der Waals surface area contributed by atoms with E-state index < -0.39 is 5.97 Å². The van der Waals surface area contributed by atoms with E-state index in [1.165, 1.54) is 22.9 Å². The molecule has 1 heterocycles. The topological polar surface area (TPSA) is 50.2 Å². The molecule has 0 radical (unpaired) electrons. The summed E-state index contributed by atoms with van der Waals surface area (Å²) >= 11 is 2.82. The van der Waals surface area contributed by atoms with E-state index >= 15 is 0 Å². The Labute approximate surface area is 149 Å². The second-order valence-electron chi connectivity index (χ2n) is 5.57. The smallest absolute Gasteiger partial charge is 0.313 e. The van der Waals surface area contributed by atoms with Gasteiger partial charge in [0.05, 0.1) is 16.3 Å². The minimum absolute atomic E-state index is 0.0220. The van der Waals surface area contributed by atoms with Crippen molar-refractivity contribution < 1.29 is 9.90 Å². The summed E-state index contributed by atoms with van der Waals surface area (Å²) in [6.45, 7) is 4.12. The molecule has 0 bridgehead atoms. The molecule has 0 aliphatic rings. The molecule has 122 valence electrons. The summed E-state index contributed by atoms with van der Waals surface area (Å²) < 4.78 is 0.781. The maximum absolute atomic E-state index is 10.8. The molecule has 3 nitrogen and oxygen atoms in total. The van der Waals surface area contributed by atoms with Gasteiger partial charge in [0.1, 0.15) is 0 Å². The zero-order chi connectivity index (χ0) is 17.1. The molecule has 2 aromatic carbocycles. The summed E-state index contributed by atoms with van der Waals surface area (Å²) in [5.41, 5.74) is 5.48. The van der Waals surface area contributed by atoms with Crippen molar-refractivity contribution in [1.82, 2.24) is 4.98 Å². The van der Waals surface area contributed by atoms with Gasteiger partial charge in [-0.3, -0.25) is 4.79 Å². The fraction of sp³-hybridized carbons (Fsp3) is 0.158. The van der Waals surface area contributed by atoms with E-state index in [2.05, 4.69) is 62.4 Å². The van der Waals surface area contributed by atoms with Gasteiger partial charge in [-0.15, -0.1) is 11.3 Å². The van der Waals surface area contributed by atoms with E-state index in [0.717, 1.165) is 26.0 Å². The SMILES string of the molecule is Cc1ccc(-c2nc(SCC(=O)O)sc2-c2ccc(C)cc2)cc1. The van der Waals surface area contributed by atoms with Crippen LogP contribution in [-0.4, -0.2) is 21.8 Å². The lowest BCUT2D eigenvalue weighted by atomic mass is 10.0. The summed E-state index contributed by atoms with van der Waals surface area (Å²) in [6, 6.07) is 16.6. The number of carbonyl (C=O) groups is 1. The normalized spacial score (nSPS) is 10.8. The lowest BCUT2D eigenvalue weighted by Crippen LogP contribution is -1.96. The second-order valence-corrected chi connectivity index (χ2v) is 7.79.